The molecule has 2 amide bonds. The number of methoxy groups -OCH3 is 2. The van der Waals surface area contributed by atoms with Crippen molar-refractivity contribution in [1.82, 2.24) is 10.2 Å². The van der Waals surface area contributed by atoms with Crippen molar-refractivity contribution in [2.45, 2.75) is 68.5 Å². The van der Waals surface area contributed by atoms with Gasteiger partial charge in [0.1, 0.15) is 11.6 Å². The van der Waals surface area contributed by atoms with Crippen molar-refractivity contribution in [3.8, 4) is 11.5 Å². The largest absolute Gasteiger partial charge is 0.493 e. The Kier molecular flexibility index (Phi) is 6.57. The van der Waals surface area contributed by atoms with Gasteiger partial charge in [-0.2, -0.15) is 0 Å². The SMILES string of the molecule is COc1ccc([C@@]23CC[C@@H](NC(=O)Nc4cc(F)ccc4F)C[C@@H]2N(C2CCC2)CC3)cc1OC. The predicted molar refractivity (Wildman–Crippen MR) is 130 cm³/mol. The van der Waals surface area contributed by atoms with E-state index in [0.29, 0.717) is 6.04 Å². The summed E-state index contributed by atoms with van der Waals surface area (Å²) in [6.07, 6.45) is 7.31. The van der Waals surface area contributed by atoms with Crippen molar-refractivity contribution in [3.63, 3.8) is 0 Å². The van der Waals surface area contributed by atoms with Crippen molar-refractivity contribution in [3.05, 3.63) is 53.6 Å². The number of fused-ring (bicyclic) bond motifs is 1. The summed E-state index contributed by atoms with van der Waals surface area (Å²) in [6, 6.07) is 9.61. The lowest BCUT2D eigenvalue weighted by molar-refractivity contribution is 0.0646. The van der Waals surface area contributed by atoms with E-state index in [4.69, 9.17) is 9.47 Å². The maximum atomic E-state index is 14.0. The lowest BCUT2D eigenvalue weighted by Gasteiger charge is -2.48. The molecule has 1 saturated heterocycles. The molecule has 6 nitrogen and oxygen atoms in total. The zero-order chi connectivity index (χ0) is 24.6. The minimum absolute atomic E-state index is 0.0154. The number of hydrogen-bond donors (Lipinski definition) is 2. The van der Waals surface area contributed by atoms with Crippen molar-refractivity contribution >= 4 is 11.7 Å². The van der Waals surface area contributed by atoms with Crippen molar-refractivity contribution in [1.29, 1.82) is 0 Å². The number of carbonyl (C=O) groups is 1. The van der Waals surface area contributed by atoms with Crippen LogP contribution in [0.1, 0.15) is 50.5 Å². The molecule has 0 aromatic heterocycles. The maximum absolute atomic E-state index is 14.0. The molecule has 3 atom stereocenters. The van der Waals surface area contributed by atoms with Gasteiger partial charge in [0.2, 0.25) is 0 Å². The normalized spacial score (nSPS) is 26.5. The smallest absolute Gasteiger partial charge is 0.319 e. The third-order valence-corrected chi connectivity index (χ3v) is 8.31. The van der Waals surface area contributed by atoms with Gasteiger partial charge in [-0.15, -0.1) is 0 Å². The van der Waals surface area contributed by atoms with Gasteiger partial charge >= 0.3 is 6.03 Å². The molecule has 2 aromatic carbocycles. The van der Waals surface area contributed by atoms with Crippen LogP contribution in [-0.4, -0.2) is 49.8 Å². The van der Waals surface area contributed by atoms with Crippen LogP contribution < -0.4 is 20.1 Å². The summed E-state index contributed by atoms with van der Waals surface area (Å²) in [7, 11) is 3.30. The fourth-order valence-electron chi connectivity index (χ4n) is 6.29. The first kappa shape index (κ1) is 23.9. The summed E-state index contributed by atoms with van der Waals surface area (Å²) in [5.74, 6) is 0.192. The highest BCUT2D eigenvalue weighted by molar-refractivity contribution is 5.89. The molecule has 1 heterocycles. The van der Waals surface area contributed by atoms with Crippen LogP contribution in [0.25, 0.3) is 0 Å². The highest BCUT2D eigenvalue weighted by atomic mass is 19.1. The summed E-state index contributed by atoms with van der Waals surface area (Å²) in [5, 5.41) is 5.50. The van der Waals surface area contributed by atoms with Gasteiger partial charge in [-0.25, -0.2) is 13.6 Å². The Labute approximate surface area is 205 Å². The van der Waals surface area contributed by atoms with Crippen LogP contribution in [0.2, 0.25) is 0 Å². The van der Waals surface area contributed by atoms with Gasteiger partial charge in [-0.05, 0) is 74.9 Å². The Morgan fingerprint density at radius 2 is 1.83 bits per heavy atom. The van der Waals surface area contributed by atoms with E-state index in [0.717, 1.165) is 61.9 Å². The number of halogens is 2. The fraction of sp³-hybridized carbons (Fsp3) is 0.519. The number of urea groups is 1. The van der Waals surface area contributed by atoms with Crippen molar-refractivity contribution in [2.75, 3.05) is 26.1 Å². The number of hydrogen-bond acceptors (Lipinski definition) is 4. The number of nitrogens with zero attached hydrogens (tertiary/aromatic N) is 1. The summed E-state index contributed by atoms with van der Waals surface area (Å²) >= 11 is 0. The Bertz CT molecular complexity index is 1090. The number of rotatable bonds is 6. The molecule has 2 saturated carbocycles. The summed E-state index contributed by atoms with van der Waals surface area (Å²) < 4.78 is 38.6. The minimum atomic E-state index is -0.662. The third-order valence-electron chi connectivity index (χ3n) is 8.31. The summed E-state index contributed by atoms with van der Waals surface area (Å²) in [5.41, 5.74) is 1.08. The molecule has 35 heavy (non-hydrogen) atoms. The first-order valence-electron chi connectivity index (χ1n) is 12.4. The van der Waals surface area contributed by atoms with Crippen LogP contribution in [0, 0.1) is 11.6 Å². The van der Waals surface area contributed by atoms with Crippen LogP contribution in [0.5, 0.6) is 11.5 Å². The molecular weight excluding hydrogens is 452 g/mol. The number of nitrogens with one attached hydrogen (secondary N) is 2. The monoisotopic (exact) mass is 485 g/mol. The lowest BCUT2D eigenvalue weighted by Crippen LogP contribution is -2.55. The highest BCUT2D eigenvalue weighted by Crippen LogP contribution is 2.52. The van der Waals surface area contributed by atoms with E-state index in [1.165, 1.54) is 24.8 Å². The molecule has 0 radical (unpaired) electrons. The third kappa shape index (κ3) is 4.44. The summed E-state index contributed by atoms with van der Waals surface area (Å²) in [4.78, 5) is 15.3. The van der Waals surface area contributed by atoms with Gasteiger partial charge in [0, 0.05) is 29.6 Å². The van der Waals surface area contributed by atoms with Crippen LogP contribution in [-0.2, 0) is 5.41 Å². The average Bonchev–Trinajstić information content (AvgIpc) is 3.19. The highest BCUT2D eigenvalue weighted by Gasteiger charge is 2.53. The van der Waals surface area contributed by atoms with Gasteiger partial charge in [0.05, 0.1) is 19.9 Å². The van der Waals surface area contributed by atoms with Crippen LogP contribution in [0.15, 0.2) is 36.4 Å². The molecular formula is C27H33F2N3O3. The Morgan fingerprint density at radius 1 is 1.03 bits per heavy atom. The van der Waals surface area contributed by atoms with E-state index in [1.807, 2.05) is 6.07 Å². The standard InChI is InChI=1S/C27H33F2N3O3/c1-34-23-9-6-17(14-24(23)35-2)27-11-10-19(16-25(27)32(13-12-27)20-4-3-5-20)30-26(33)31-22-15-18(28)7-8-21(22)29/h6-9,14-15,19-20,25H,3-5,10-13,16H2,1-2H3,(H2,30,31,33)/t19-,25+,27+/m1/s1. The first-order valence-corrected chi connectivity index (χ1v) is 12.4. The molecule has 2 aliphatic carbocycles. The van der Waals surface area contributed by atoms with E-state index in [2.05, 4.69) is 27.7 Å². The summed E-state index contributed by atoms with van der Waals surface area (Å²) in [6.45, 7) is 1.04. The number of likely N-dealkylation sites (tertiary alicyclic amines) is 1. The topological polar surface area (TPSA) is 62.8 Å². The average molecular weight is 486 g/mol. The molecule has 1 aliphatic heterocycles. The number of benzene rings is 2. The molecule has 2 N–H and O–H groups in total. The van der Waals surface area contributed by atoms with Crippen LogP contribution in [0.4, 0.5) is 19.3 Å². The molecule has 3 aliphatic rings. The predicted octanol–water partition coefficient (Wildman–Crippen LogP) is 5.22. The lowest BCUT2D eigenvalue weighted by atomic mass is 9.64. The number of anilines is 1. The molecule has 5 rings (SSSR count). The zero-order valence-corrected chi connectivity index (χ0v) is 20.3. The van der Waals surface area contributed by atoms with Gasteiger partial charge < -0.3 is 20.1 Å². The number of carbonyl (C=O) groups excluding carboxylic acids is 1. The van der Waals surface area contributed by atoms with E-state index in [-0.39, 0.29) is 23.2 Å². The van der Waals surface area contributed by atoms with E-state index in [1.54, 1.807) is 14.2 Å². The van der Waals surface area contributed by atoms with Crippen LogP contribution >= 0.6 is 0 Å². The minimum Gasteiger partial charge on any atom is -0.493 e. The Balaban J connectivity index is 1.36. The van der Waals surface area contributed by atoms with Gasteiger partial charge in [0.15, 0.2) is 11.5 Å². The molecule has 0 spiro atoms. The van der Waals surface area contributed by atoms with Crippen molar-refractivity contribution < 1.29 is 23.0 Å². The second kappa shape index (κ2) is 9.64. The van der Waals surface area contributed by atoms with E-state index >= 15 is 0 Å². The second-order valence-corrected chi connectivity index (χ2v) is 10.0. The van der Waals surface area contributed by atoms with Crippen molar-refractivity contribution in [2.24, 2.45) is 0 Å². The molecule has 188 valence electrons. The van der Waals surface area contributed by atoms with Gasteiger partial charge in [-0.3, -0.25) is 4.90 Å². The maximum Gasteiger partial charge on any atom is 0.319 e. The van der Waals surface area contributed by atoms with E-state index < -0.39 is 17.7 Å². The first-order chi connectivity index (χ1) is 16.9. The number of ether oxygens (including phenoxy) is 2. The molecule has 8 heteroatoms. The molecule has 3 fully saturated rings. The molecule has 2 aromatic rings. The van der Waals surface area contributed by atoms with Gasteiger partial charge in [-0.1, -0.05) is 12.5 Å². The quantitative estimate of drug-likeness (QED) is 0.589. The Hall–Kier alpha value is -2.87. The Morgan fingerprint density at radius 3 is 2.54 bits per heavy atom. The molecule has 0 bridgehead atoms. The fourth-order valence-corrected chi connectivity index (χ4v) is 6.29. The van der Waals surface area contributed by atoms with E-state index in [9.17, 15) is 13.6 Å². The number of amides is 2. The second-order valence-electron chi connectivity index (χ2n) is 10.0. The van der Waals surface area contributed by atoms with Gasteiger partial charge in [0.25, 0.3) is 0 Å². The van der Waals surface area contributed by atoms with Crippen LogP contribution in [0.3, 0.4) is 0 Å². The molecule has 0 unspecified atom stereocenters. The zero-order valence-electron chi connectivity index (χ0n) is 20.3.